The fourth-order valence-corrected chi connectivity index (χ4v) is 3.78. The second-order valence-corrected chi connectivity index (χ2v) is 7.48. The molecule has 2 saturated heterocycles. The van der Waals surface area contributed by atoms with Crippen LogP contribution >= 0.6 is 0 Å². The summed E-state index contributed by atoms with van der Waals surface area (Å²) in [6.45, 7) is 4.95. The van der Waals surface area contributed by atoms with Crippen LogP contribution in [0.4, 0.5) is 5.69 Å². The topological polar surface area (TPSA) is 82.5 Å². The van der Waals surface area contributed by atoms with E-state index in [9.17, 15) is 9.59 Å². The number of rotatable bonds is 6. The van der Waals surface area contributed by atoms with Gasteiger partial charge in [-0.1, -0.05) is 0 Å². The van der Waals surface area contributed by atoms with Gasteiger partial charge in [-0.15, -0.1) is 0 Å². The number of hydrogen-bond acceptors (Lipinski definition) is 6. The third kappa shape index (κ3) is 4.82. The highest BCUT2D eigenvalue weighted by molar-refractivity contribution is 5.78. The maximum absolute atomic E-state index is 12.3. The van der Waals surface area contributed by atoms with Gasteiger partial charge in [0, 0.05) is 38.8 Å². The van der Waals surface area contributed by atoms with Crippen molar-refractivity contribution in [1.82, 2.24) is 25.3 Å². The second kappa shape index (κ2) is 8.64. The van der Waals surface area contributed by atoms with Gasteiger partial charge in [0.25, 0.3) is 5.56 Å². The van der Waals surface area contributed by atoms with Crippen molar-refractivity contribution in [3.8, 4) is 0 Å². The molecule has 8 nitrogen and oxygen atoms in total. The van der Waals surface area contributed by atoms with Crippen LogP contribution in [0.15, 0.2) is 17.1 Å². The molecule has 3 rings (SSSR count). The standard InChI is InChI=1S/C18H30N6O2/c1-22(15-3-6-19-7-4-15)13-17(25)20-10-14-5-8-24(12-14)16-9-18(26)23(2)21-11-16/h9,11,14-15,19H,3-8,10,12-13H2,1-2H3,(H,20,25)/t14-/m0/s1. The molecule has 1 aromatic heterocycles. The summed E-state index contributed by atoms with van der Waals surface area (Å²) in [7, 11) is 3.69. The van der Waals surface area contributed by atoms with Crippen LogP contribution in [0.2, 0.25) is 0 Å². The van der Waals surface area contributed by atoms with Gasteiger partial charge in [-0.05, 0) is 45.3 Å². The van der Waals surface area contributed by atoms with E-state index >= 15 is 0 Å². The lowest BCUT2D eigenvalue weighted by molar-refractivity contribution is -0.122. The molecule has 8 heteroatoms. The number of nitrogens with one attached hydrogen (secondary N) is 2. The van der Waals surface area contributed by atoms with Gasteiger partial charge in [-0.3, -0.25) is 14.5 Å². The van der Waals surface area contributed by atoms with Crippen molar-refractivity contribution >= 4 is 11.6 Å². The first-order valence-corrected chi connectivity index (χ1v) is 9.49. The van der Waals surface area contributed by atoms with E-state index < -0.39 is 0 Å². The average Bonchev–Trinajstić information content (AvgIpc) is 3.12. The van der Waals surface area contributed by atoms with Gasteiger partial charge < -0.3 is 15.5 Å². The van der Waals surface area contributed by atoms with E-state index in [1.54, 1.807) is 19.3 Å². The van der Waals surface area contributed by atoms with Crippen LogP contribution < -0.4 is 21.1 Å². The summed E-state index contributed by atoms with van der Waals surface area (Å²) in [5.74, 6) is 0.506. The number of piperidine rings is 1. The van der Waals surface area contributed by atoms with Gasteiger partial charge in [-0.25, -0.2) is 4.68 Å². The molecule has 0 aliphatic carbocycles. The first kappa shape index (κ1) is 18.8. The third-order valence-corrected chi connectivity index (χ3v) is 5.52. The summed E-state index contributed by atoms with van der Waals surface area (Å²) in [6, 6.07) is 2.12. The van der Waals surface area contributed by atoms with Gasteiger partial charge in [0.1, 0.15) is 0 Å². The summed E-state index contributed by atoms with van der Waals surface area (Å²) in [6.07, 6.45) is 4.95. The molecule has 26 heavy (non-hydrogen) atoms. The Hall–Kier alpha value is -1.93. The van der Waals surface area contributed by atoms with Gasteiger partial charge in [-0.2, -0.15) is 5.10 Å². The second-order valence-electron chi connectivity index (χ2n) is 7.48. The molecule has 1 amide bonds. The highest BCUT2D eigenvalue weighted by atomic mass is 16.2. The van der Waals surface area contributed by atoms with Crippen LogP contribution in [0, 0.1) is 5.92 Å². The molecule has 2 aliphatic rings. The van der Waals surface area contributed by atoms with E-state index in [-0.39, 0.29) is 11.5 Å². The van der Waals surface area contributed by atoms with Gasteiger partial charge in [0.05, 0.1) is 18.4 Å². The Morgan fingerprint density at radius 3 is 2.88 bits per heavy atom. The normalized spacial score (nSPS) is 21.3. The van der Waals surface area contributed by atoms with Crippen molar-refractivity contribution in [3.05, 3.63) is 22.6 Å². The fourth-order valence-electron chi connectivity index (χ4n) is 3.78. The number of likely N-dealkylation sites (N-methyl/N-ethyl adjacent to an activating group) is 1. The van der Waals surface area contributed by atoms with E-state index in [1.807, 2.05) is 7.05 Å². The van der Waals surface area contributed by atoms with E-state index in [2.05, 4.69) is 25.5 Å². The minimum absolute atomic E-state index is 0.0970. The molecule has 1 atom stereocenters. The Morgan fingerprint density at radius 2 is 2.15 bits per heavy atom. The van der Waals surface area contributed by atoms with Crippen molar-refractivity contribution in [1.29, 1.82) is 0 Å². The summed E-state index contributed by atoms with van der Waals surface area (Å²) in [5.41, 5.74) is 0.771. The van der Waals surface area contributed by atoms with E-state index in [0.717, 1.165) is 51.1 Å². The van der Waals surface area contributed by atoms with Crippen molar-refractivity contribution < 1.29 is 4.79 Å². The van der Waals surface area contributed by atoms with Gasteiger partial charge in [0.15, 0.2) is 0 Å². The molecule has 0 unspecified atom stereocenters. The Balaban J connectivity index is 1.41. The van der Waals surface area contributed by atoms with Crippen LogP contribution in [0.5, 0.6) is 0 Å². The summed E-state index contributed by atoms with van der Waals surface area (Å²) in [5, 5.41) is 10.5. The SMILES string of the molecule is CN(CC(=O)NC[C@@H]1CCN(c2cnn(C)c(=O)c2)C1)C1CCNCC1. The summed E-state index contributed by atoms with van der Waals surface area (Å²) < 4.78 is 1.33. The molecule has 144 valence electrons. The molecule has 0 aromatic carbocycles. The smallest absolute Gasteiger partial charge is 0.268 e. The Kier molecular flexibility index (Phi) is 6.26. The van der Waals surface area contributed by atoms with Gasteiger partial charge >= 0.3 is 0 Å². The maximum atomic E-state index is 12.3. The van der Waals surface area contributed by atoms with Crippen LogP contribution in [0.1, 0.15) is 19.3 Å². The molecule has 2 fully saturated rings. The number of amides is 1. The zero-order valence-corrected chi connectivity index (χ0v) is 15.8. The molecular formula is C18H30N6O2. The molecule has 0 radical (unpaired) electrons. The quantitative estimate of drug-likeness (QED) is 0.704. The largest absolute Gasteiger partial charge is 0.370 e. The van der Waals surface area contributed by atoms with Crippen molar-refractivity contribution in [2.24, 2.45) is 13.0 Å². The number of carbonyl (C=O) groups excluding carboxylic acids is 1. The number of aryl methyl sites for hydroxylation is 1. The first-order valence-electron chi connectivity index (χ1n) is 9.49. The molecule has 0 bridgehead atoms. The number of nitrogens with zero attached hydrogens (tertiary/aromatic N) is 4. The zero-order valence-electron chi connectivity index (χ0n) is 15.8. The highest BCUT2D eigenvalue weighted by Gasteiger charge is 2.24. The van der Waals surface area contributed by atoms with Crippen molar-refractivity contribution in [2.75, 3.05) is 51.2 Å². The predicted octanol–water partition coefficient (Wildman–Crippen LogP) is -0.593. The minimum atomic E-state index is -0.0970. The average molecular weight is 362 g/mol. The molecular weight excluding hydrogens is 332 g/mol. The Bertz CT molecular complexity index is 670. The summed E-state index contributed by atoms with van der Waals surface area (Å²) >= 11 is 0. The molecule has 0 spiro atoms. The number of carbonyl (C=O) groups is 1. The van der Waals surface area contributed by atoms with Gasteiger partial charge in [0.2, 0.25) is 5.91 Å². The lowest BCUT2D eigenvalue weighted by atomic mass is 10.1. The molecule has 0 saturated carbocycles. The Labute approximate surface area is 154 Å². The third-order valence-electron chi connectivity index (χ3n) is 5.52. The lowest BCUT2D eigenvalue weighted by Gasteiger charge is -2.31. The van der Waals surface area contributed by atoms with E-state index in [4.69, 9.17) is 0 Å². The predicted molar refractivity (Wildman–Crippen MR) is 101 cm³/mol. The number of hydrogen-bond donors (Lipinski definition) is 2. The molecule has 3 heterocycles. The van der Waals surface area contributed by atoms with Crippen molar-refractivity contribution in [2.45, 2.75) is 25.3 Å². The molecule has 2 aliphatic heterocycles. The maximum Gasteiger partial charge on any atom is 0.268 e. The summed E-state index contributed by atoms with van der Waals surface area (Å²) in [4.78, 5) is 28.3. The highest BCUT2D eigenvalue weighted by Crippen LogP contribution is 2.21. The van der Waals surface area contributed by atoms with Crippen LogP contribution in [0.3, 0.4) is 0 Å². The molecule has 1 aromatic rings. The van der Waals surface area contributed by atoms with Crippen LogP contribution in [0.25, 0.3) is 0 Å². The Morgan fingerprint density at radius 1 is 1.38 bits per heavy atom. The number of aromatic nitrogens is 2. The minimum Gasteiger partial charge on any atom is -0.370 e. The fraction of sp³-hybridized carbons (Fsp3) is 0.722. The number of anilines is 1. The first-order chi connectivity index (χ1) is 12.5. The van der Waals surface area contributed by atoms with Crippen molar-refractivity contribution in [3.63, 3.8) is 0 Å². The zero-order chi connectivity index (χ0) is 18.5. The van der Waals surface area contributed by atoms with E-state index in [0.29, 0.717) is 25.0 Å². The lowest BCUT2D eigenvalue weighted by Crippen LogP contribution is -2.46. The van der Waals surface area contributed by atoms with Crippen LogP contribution in [-0.2, 0) is 11.8 Å². The van der Waals surface area contributed by atoms with Crippen LogP contribution in [-0.4, -0.2) is 72.9 Å². The monoisotopic (exact) mass is 362 g/mol. The van der Waals surface area contributed by atoms with E-state index in [1.165, 1.54) is 4.68 Å². The molecule has 2 N–H and O–H groups in total.